The van der Waals surface area contributed by atoms with Gasteiger partial charge >= 0.3 is 0 Å². The molecule has 1 rings (SSSR count). The quantitative estimate of drug-likeness (QED) is 0.815. The van der Waals surface area contributed by atoms with Crippen LogP contribution < -0.4 is 5.32 Å². The minimum Gasteiger partial charge on any atom is -0.384 e. The first-order valence-electron chi connectivity index (χ1n) is 6.79. The maximum Gasteiger partial charge on any atom is 0.251 e. The number of amides is 1. The summed E-state index contributed by atoms with van der Waals surface area (Å²) < 4.78 is 0. The van der Waals surface area contributed by atoms with Crippen molar-refractivity contribution in [3.05, 3.63) is 34.3 Å². The number of nitrogens with one attached hydrogen (secondary N) is 1. The molecule has 1 unspecified atom stereocenters. The van der Waals surface area contributed by atoms with E-state index in [-0.39, 0.29) is 18.6 Å². The van der Waals surface area contributed by atoms with E-state index in [1.807, 2.05) is 21.0 Å². The van der Waals surface area contributed by atoms with Crippen LogP contribution in [0.15, 0.2) is 18.2 Å². The summed E-state index contributed by atoms with van der Waals surface area (Å²) in [5.41, 5.74) is 1.11. The molecule has 0 saturated carbocycles. The van der Waals surface area contributed by atoms with Gasteiger partial charge in [0, 0.05) is 17.2 Å². The van der Waals surface area contributed by atoms with Crippen molar-refractivity contribution in [1.29, 1.82) is 0 Å². The van der Waals surface area contributed by atoms with E-state index in [4.69, 9.17) is 16.7 Å². The summed E-state index contributed by atoms with van der Waals surface area (Å²) in [6.45, 7) is 2.67. The highest BCUT2D eigenvalue weighted by molar-refractivity contribution is 6.32. The van der Waals surface area contributed by atoms with Gasteiger partial charge in [0.1, 0.15) is 6.61 Å². The van der Waals surface area contributed by atoms with Crippen LogP contribution >= 0.6 is 11.6 Å². The van der Waals surface area contributed by atoms with E-state index < -0.39 is 0 Å². The number of aliphatic hydroxyl groups excluding tert-OH is 1. The van der Waals surface area contributed by atoms with Gasteiger partial charge in [0.2, 0.25) is 0 Å². The number of benzene rings is 1. The average Bonchev–Trinajstić information content (AvgIpc) is 2.43. The summed E-state index contributed by atoms with van der Waals surface area (Å²) in [5.74, 6) is 5.11. The van der Waals surface area contributed by atoms with Gasteiger partial charge in [0.25, 0.3) is 5.91 Å². The lowest BCUT2D eigenvalue weighted by molar-refractivity contribution is 0.0937. The van der Waals surface area contributed by atoms with Crippen molar-refractivity contribution in [3.63, 3.8) is 0 Å². The van der Waals surface area contributed by atoms with Gasteiger partial charge < -0.3 is 15.3 Å². The first-order chi connectivity index (χ1) is 9.93. The average molecular weight is 309 g/mol. The second-order valence-corrected chi connectivity index (χ2v) is 5.53. The maximum absolute atomic E-state index is 12.1. The Balaban J connectivity index is 2.68. The van der Waals surface area contributed by atoms with Gasteiger partial charge in [-0.25, -0.2) is 0 Å². The number of hydrogen-bond donors (Lipinski definition) is 2. The van der Waals surface area contributed by atoms with Crippen LogP contribution in [0.2, 0.25) is 5.02 Å². The van der Waals surface area contributed by atoms with Crippen molar-refractivity contribution in [1.82, 2.24) is 10.2 Å². The van der Waals surface area contributed by atoms with Crippen LogP contribution in [-0.4, -0.2) is 49.2 Å². The van der Waals surface area contributed by atoms with Crippen LogP contribution in [0, 0.1) is 11.8 Å². The smallest absolute Gasteiger partial charge is 0.251 e. The molecular weight excluding hydrogens is 288 g/mol. The Labute approximate surface area is 131 Å². The van der Waals surface area contributed by atoms with Crippen LogP contribution in [0.3, 0.4) is 0 Å². The Kier molecular flexibility index (Phi) is 7.24. The maximum atomic E-state index is 12.1. The Bertz CT molecular complexity index is 547. The van der Waals surface area contributed by atoms with Crippen molar-refractivity contribution in [2.24, 2.45) is 0 Å². The molecule has 114 valence electrons. The molecule has 1 aromatic rings. The highest BCUT2D eigenvalue weighted by atomic mass is 35.5. The molecule has 4 nitrogen and oxygen atoms in total. The van der Waals surface area contributed by atoms with E-state index in [9.17, 15) is 4.79 Å². The van der Waals surface area contributed by atoms with E-state index in [0.29, 0.717) is 16.1 Å². The normalized spacial score (nSPS) is 11.7. The minimum absolute atomic E-state index is 0.0903. The lowest BCUT2D eigenvalue weighted by Crippen LogP contribution is -2.34. The SMILES string of the molecule is CC(CCN(C)C)NC(=O)c1ccc(C#CCO)c(Cl)c1. The van der Waals surface area contributed by atoms with Crippen molar-refractivity contribution < 1.29 is 9.90 Å². The van der Waals surface area contributed by atoms with E-state index in [1.54, 1.807) is 18.2 Å². The third kappa shape index (κ3) is 6.17. The van der Waals surface area contributed by atoms with Crippen LogP contribution in [0.4, 0.5) is 0 Å². The van der Waals surface area contributed by atoms with Gasteiger partial charge in [-0.3, -0.25) is 4.79 Å². The van der Waals surface area contributed by atoms with Crippen molar-refractivity contribution in [3.8, 4) is 11.8 Å². The Morgan fingerprint density at radius 1 is 1.48 bits per heavy atom. The van der Waals surface area contributed by atoms with Crippen LogP contribution in [0.5, 0.6) is 0 Å². The Morgan fingerprint density at radius 3 is 2.76 bits per heavy atom. The Morgan fingerprint density at radius 2 is 2.19 bits per heavy atom. The highest BCUT2D eigenvalue weighted by Gasteiger charge is 2.11. The standard InChI is InChI=1S/C16H21ClN2O2/c1-12(8-9-19(2)3)18-16(21)14-7-6-13(5-4-10-20)15(17)11-14/h6-7,11-12,20H,8-10H2,1-3H3,(H,18,21). The molecule has 0 bridgehead atoms. The molecule has 1 atom stereocenters. The highest BCUT2D eigenvalue weighted by Crippen LogP contribution is 2.17. The zero-order chi connectivity index (χ0) is 15.8. The van der Waals surface area contributed by atoms with Gasteiger partial charge in [-0.2, -0.15) is 0 Å². The molecule has 0 radical (unpaired) electrons. The minimum atomic E-state index is -0.220. The fourth-order valence-electron chi connectivity index (χ4n) is 1.72. The van der Waals surface area contributed by atoms with Crippen molar-refractivity contribution in [2.75, 3.05) is 27.2 Å². The third-order valence-electron chi connectivity index (χ3n) is 2.92. The lowest BCUT2D eigenvalue weighted by atomic mass is 10.1. The van der Waals surface area contributed by atoms with Gasteiger partial charge in [-0.1, -0.05) is 23.4 Å². The predicted octanol–water partition coefficient (Wildman–Crippen LogP) is 1.75. The molecule has 21 heavy (non-hydrogen) atoms. The molecule has 0 spiro atoms. The van der Waals surface area contributed by atoms with E-state index in [1.165, 1.54) is 0 Å². The van der Waals surface area contributed by atoms with Gasteiger partial charge in [0.15, 0.2) is 0 Å². The summed E-state index contributed by atoms with van der Waals surface area (Å²) >= 11 is 6.08. The zero-order valence-electron chi connectivity index (χ0n) is 12.6. The summed E-state index contributed by atoms with van der Waals surface area (Å²) in [6.07, 6.45) is 0.881. The number of hydrogen-bond acceptors (Lipinski definition) is 3. The molecule has 2 N–H and O–H groups in total. The van der Waals surface area contributed by atoms with E-state index in [2.05, 4.69) is 22.1 Å². The molecular formula is C16H21ClN2O2. The topological polar surface area (TPSA) is 52.6 Å². The fourth-order valence-corrected chi connectivity index (χ4v) is 1.95. The summed E-state index contributed by atoms with van der Waals surface area (Å²) in [5, 5.41) is 12.0. The monoisotopic (exact) mass is 308 g/mol. The van der Waals surface area contributed by atoms with Crippen molar-refractivity contribution in [2.45, 2.75) is 19.4 Å². The molecule has 0 saturated heterocycles. The first-order valence-corrected chi connectivity index (χ1v) is 7.16. The van der Waals surface area contributed by atoms with Gasteiger partial charge in [-0.05, 0) is 52.2 Å². The second-order valence-electron chi connectivity index (χ2n) is 5.12. The summed E-state index contributed by atoms with van der Waals surface area (Å²) in [4.78, 5) is 14.2. The van der Waals surface area contributed by atoms with Gasteiger partial charge in [0.05, 0.1) is 5.02 Å². The number of rotatable bonds is 5. The molecule has 0 aliphatic rings. The molecule has 5 heteroatoms. The lowest BCUT2D eigenvalue weighted by Gasteiger charge is -2.16. The van der Waals surface area contributed by atoms with Crippen molar-refractivity contribution >= 4 is 17.5 Å². The summed E-state index contributed by atoms with van der Waals surface area (Å²) in [6, 6.07) is 5.05. The molecule has 1 amide bonds. The number of carbonyl (C=O) groups excluding carboxylic acids is 1. The van der Waals surface area contributed by atoms with Gasteiger partial charge in [-0.15, -0.1) is 0 Å². The molecule has 0 fully saturated rings. The fraction of sp³-hybridized carbons (Fsp3) is 0.438. The third-order valence-corrected chi connectivity index (χ3v) is 3.23. The second kappa shape index (κ2) is 8.68. The van der Waals surface area contributed by atoms with E-state index >= 15 is 0 Å². The van der Waals surface area contributed by atoms with Crippen LogP contribution in [0.25, 0.3) is 0 Å². The molecule has 0 aliphatic heterocycles. The molecule has 0 aliphatic carbocycles. The van der Waals surface area contributed by atoms with E-state index in [0.717, 1.165) is 13.0 Å². The Hall–Kier alpha value is -1.54. The molecule has 0 aromatic heterocycles. The largest absolute Gasteiger partial charge is 0.384 e. The number of halogens is 1. The van der Waals surface area contributed by atoms with Crippen LogP contribution in [0.1, 0.15) is 29.3 Å². The number of aliphatic hydroxyl groups is 1. The summed E-state index contributed by atoms with van der Waals surface area (Å²) in [7, 11) is 4.00. The number of nitrogens with zero attached hydrogens (tertiary/aromatic N) is 1. The van der Waals surface area contributed by atoms with Crippen LogP contribution in [-0.2, 0) is 0 Å². The number of carbonyl (C=O) groups is 1. The molecule has 1 aromatic carbocycles. The zero-order valence-corrected chi connectivity index (χ0v) is 13.4. The first kappa shape index (κ1) is 17.5. The molecule has 0 heterocycles. The predicted molar refractivity (Wildman–Crippen MR) is 85.5 cm³/mol.